The van der Waals surface area contributed by atoms with E-state index in [1.807, 2.05) is 18.3 Å². The lowest BCUT2D eigenvalue weighted by Gasteiger charge is -2.00. The molecule has 0 bridgehead atoms. The molecule has 0 saturated carbocycles. The van der Waals surface area contributed by atoms with E-state index in [9.17, 15) is 0 Å². The van der Waals surface area contributed by atoms with Gasteiger partial charge in [-0.15, -0.1) is 0 Å². The molecule has 2 aromatic rings. The molecule has 0 fully saturated rings. The summed E-state index contributed by atoms with van der Waals surface area (Å²) in [6.45, 7) is 0.702. The zero-order valence-corrected chi connectivity index (χ0v) is 8.05. The minimum absolute atomic E-state index is 0.0684. The maximum Gasteiger partial charge on any atom is 0.316 e. The third-order valence-corrected chi connectivity index (χ3v) is 1.85. The first kappa shape index (κ1) is 9.45. The minimum atomic E-state index is 0.0684. The van der Waals surface area contributed by atoms with Crippen LogP contribution in [-0.2, 0) is 6.42 Å². The Morgan fingerprint density at radius 1 is 1.40 bits per heavy atom. The summed E-state index contributed by atoms with van der Waals surface area (Å²) in [6, 6.07) is 4.33. The van der Waals surface area contributed by atoms with Gasteiger partial charge in [0.2, 0.25) is 0 Å². The van der Waals surface area contributed by atoms with Crippen molar-refractivity contribution in [1.82, 2.24) is 15.2 Å². The lowest BCUT2D eigenvalue weighted by atomic mass is 10.2. The molecule has 0 amide bonds. The Kier molecular flexibility index (Phi) is 2.77. The van der Waals surface area contributed by atoms with Crippen molar-refractivity contribution in [2.75, 3.05) is 17.6 Å². The fourth-order valence-electron chi connectivity index (χ4n) is 1.17. The van der Waals surface area contributed by atoms with Crippen LogP contribution in [0.4, 0.5) is 12.0 Å². The summed E-state index contributed by atoms with van der Waals surface area (Å²) in [5.41, 5.74) is 6.42. The van der Waals surface area contributed by atoms with Gasteiger partial charge in [0.25, 0.3) is 0 Å². The van der Waals surface area contributed by atoms with Gasteiger partial charge >= 0.3 is 12.0 Å². The van der Waals surface area contributed by atoms with Crippen molar-refractivity contribution in [3.8, 4) is 0 Å². The van der Waals surface area contributed by atoms with Gasteiger partial charge in [0, 0.05) is 18.9 Å². The van der Waals surface area contributed by atoms with E-state index in [0.717, 1.165) is 12.0 Å². The molecule has 6 nitrogen and oxygen atoms in total. The number of nitrogens with one attached hydrogen (secondary N) is 1. The second-order valence-electron chi connectivity index (χ2n) is 2.98. The highest BCUT2D eigenvalue weighted by Crippen LogP contribution is 2.06. The van der Waals surface area contributed by atoms with Crippen LogP contribution >= 0.6 is 0 Å². The summed E-state index contributed by atoms with van der Waals surface area (Å²) in [6.07, 6.45) is 4.41. The van der Waals surface area contributed by atoms with Gasteiger partial charge in [0.15, 0.2) is 0 Å². The number of hydrogen-bond donors (Lipinski definition) is 2. The summed E-state index contributed by atoms with van der Waals surface area (Å²) >= 11 is 0. The summed E-state index contributed by atoms with van der Waals surface area (Å²) in [4.78, 5) is 4.02. The Labute approximate surface area is 86.5 Å². The number of nitrogen functional groups attached to an aromatic ring is 1. The predicted octanol–water partition coefficient (Wildman–Crippen LogP) is 0.701. The van der Waals surface area contributed by atoms with Gasteiger partial charge < -0.3 is 15.5 Å². The number of pyridine rings is 1. The van der Waals surface area contributed by atoms with Crippen LogP contribution in [0.1, 0.15) is 5.56 Å². The second-order valence-corrected chi connectivity index (χ2v) is 2.98. The predicted molar refractivity (Wildman–Crippen MR) is 55.1 cm³/mol. The van der Waals surface area contributed by atoms with E-state index in [-0.39, 0.29) is 6.01 Å². The van der Waals surface area contributed by atoms with E-state index >= 15 is 0 Å². The average molecular weight is 205 g/mol. The SMILES string of the molecule is Nc1nnc(NCCc2cccnc2)o1. The molecule has 2 heterocycles. The molecule has 6 heteroatoms. The van der Waals surface area contributed by atoms with Gasteiger partial charge in [0.1, 0.15) is 0 Å². The van der Waals surface area contributed by atoms with Crippen LogP contribution in [0.15, 0.2) is 28.9 Å². The van der Waals surface area contributed by atoms with Crippen LogP contribution in [0.25, 0.3) is 0 Å². The molecule has 0 aliphatic heterocycles. The van der Waals surface area contributed by atoms with Crippen LogP contribution in [0.2, 0.25) is 0 Å². The van der Waals surface area contributed by atoms with E-state index in [4.69, 9.17) is 10.2 Å². The summed E-state index contributed by atoms with van der Waals surface area (Å²) in [5.74, 6) is 0. The van der Waals surface area contributed by atoms with Crippen molar-refractivity contribution in [3.63, 3.8) is 0 Å². The smallest absolute Gasteiger partial charge is 0.316 e. The largest absolute Gasteiger partial charge is 0.390 e. The fourth-order valence-corrected chi connectivity index (χ4v) is 1.17. The van der Waals surface area contributed by atoms with Gasteiger partial charge in [-0.3, -0.25) is 4.98 Å². The molecule has 0 atom stereocenters. The first-order chi connectivity index (χ1) is 7.34. The monoisotopic (exact) mass is 205 g/mol. The molecule has 0 aliphatic rings. The molecule has 3 N–H and O–H groups in total. The first-order valence-electron chi connectivity index (χ1n) is 4.56. The lowest BCUT2D eigenvalue weighted by Crippen LogP contribution is -2.05. The molecule has 15 heavy (non-hydrogen) atoms. The number of nitrogens with two attached hydrogens (primary N) is 1. The second kappa shape index (κ2) is 4.41. The van der Waals surface area contributed by atoms with Gasteiger partial charge in [-0.25, -0.2) is 0 Å². The molecule has 0 unspecified atom stereocenters. The third-order valence-electron chi connectivity index (χ3n) is 1.85. The Hall–Kier alpha value is -2.11. The maximum absolute atomic E-state index is 5.27. The highest BCUT2D eigenvalue weighted by molar-refractivity contribution is 5.23. The highest BCUT2D eigenvalue weighted by atomic mass is 16.4. The number of nitrogens with zero attached hydrogens (tertiary/aromatic N) is 3. The molecule has 2 aromatic heterocycles. The standard InChI is InChI=1S/C9H11N5O/c10-8-13-14-9(15-8)12-5-3-7-2-1-4-11-6-7/h1-2,4,6H,3,5H2,(H2,10,13)(H,12,14). The van der Waals surface area contributed by atoms with Crippen molar-refractivity contribution in [2.45, 2.75) is 6.42 Å². The van der Waals surface area contributed by atoms with Crippen molar-refractivity contribution >= 4 is 12.0 Å². The Morgan fingerprint density at radius 3 is 3.00 bits per heavy atom. The fraction of sp³-hybridized carbons (Fsp3) is 0.222. The van der Waals surface area contributed by atoms with Crippen molar-refractivity contribution in [3.05, 3.63) is 30.1 Å². The molecule has 0 radical (unpaired) electrons. The van der Waals surface area contributed by atoms with Crippen LogP contribution in [0.5, 0.6) is 0 Å². The normalized spacial score (nSPS) is 10.1. The first-order valence-corrected chi connectivity index (χ1v) is 4.56. The van der Waals surface area contributed by atoms with Crippen LogP contribution in [0.3, 0.4) is 0 Å². The topological polar surface area (TPSA) is 89.9 Å². The van der Waals surface area contributed by atoms with E-state index in [2.05, 4.69) is 20.5 Å². The number of aromatic nitrogens is 3. The van der Waals surface area contributed by atoms with Gasteiger partial charge in [-0.05, 0) is 18.1 Å². The quantitative estimate of drug-likeness (QED) is 0.763. The number of anilines is 2. The Morgan fingerprint density at radius 2 is 2.33 bits per heavy atom. The minimum Gasteiger partial charge on any atom is -0.390 e. The maximum atomic E-state index is 5.27. The molecular weight excluding hydrogens is 194 g/mol. The summed E-state index contributed by atoms with van der Waals surface area (Å²) in [5, 5.41) is 10.2. The molecule has 0 spiro atoms. The average Bonchev–Trinajstić information content (AvgIpc) is 2.66. The van der Waals surface area contributed by atoms with Crippen LogP contribution in [-0.4, -0.2) is 21.7 Å². The summed E-state index contributed by atoms with van der Waals surface area (Å²) in [7, 11) is 0. The molecule has 78 valence electrons. The van der Waals surface area contributed by atoms with Crippen molar-refractivity contribution in [2.24, 2.45) is 0 Å². The van der Waals surface area contributed by atoms with Gasteiger partial charge in [-0.1, -0.05) is 16.3 Å². The Bertz CT molecular complexity index is 413. The molecule has 2 rings (SSSR count). The van der Waals surface area contributed by atoms with E-state index in [1.165, 1.54) is 0 Å². The third kappa shape index (κ3) is 2.67. The van der Waals surface area contributed by atoms with E-state index in [1.54, 1.807) is 6.20 Å². The Balaban J connectivity index is 1.80. The number of rotatable bonds is 4. The van der Waals surface area contributed by atoms with Gasteiger partial charge in [-0.2, -0.15) is 0 Å². The number of hydrogen-bond acceptors (Lipinski definition) is 6. The van der Waals surface area contributed by atoms with Gasteiger partial charge in [0.05, 0.1) is 0 Å². The lowest BCUT2D eigenvalue weighted by molar-refractivity contribution is 0.586. The van der Waals surface area contributed by atoms with Crippen LogP contribution < -0.4 is 11.1 Å². The highest BCUT2D eigenvalue weighted by Gasteiger charge is 2.00. The molecule has 0 aliphatic carbocycles. The van der Waals surface area contributed by atoms with E-state index < -0.39 is 0 Å². The molecule has 0 saturated heterocycles. The zero-order valence-electron chi connectivity index (χ0n) is 8.05. The van der Waals surface area contributed by atoms with Crippen molar-refractivity contribution < 1.29 is 4.42 Å². The molecule has 0 aromatic carbocycles. The summed E-state index contributed by atoms with van der Waals surface area (Å²) < 4.78 is 4.95. The van der Waals surface area contributed by atoms with Crippen LogP contribution in [0, 0.1) is 0 Å². The van der Waals surface area contributed by atoms with Crippen molar-refractivity contribution in [1.29, 1.82) is 0 Å². The van der Waals surface area contributed by atoms with E-state index in [0.29, 0.717) is 12.6 Å². The molecular formula is C9H11N5O. The zero-order chi connectivity index (χ0) is 10.5.